The van der Waals surface area contributed by atoms with Gasteiger partial charge < -0.3 is 14.4 Å². The van der Waals surface area contributed by atoms with Crippen molar-refractivity contribution in [2.24, 2.45) is 0 Å². The van der Waals surface area contributed by atoms with E-state index in [0.29, 0.717) is 10.9 Å². The number of ether oxygens (including phenoxy) is 2. The van der Waals surface area contributed by atoms with Crippen molar-refractivity contribution in [2.45, 2.75) is 43.8 Å². The normalized spacial score (nSPS) is 16.6. The average molecular weight is 391 g/mol. The van der Waals surface area contributed by atoms with E-state index < -0.39 is 0 Å². The van der Waals surface area contributed by atoms with Crippen LogP contribution in [-0.2, 0) is 11.2 Å². The molecule has 146 valence electrons. The third-order valence-corrected chi connectivity index (χ3v) is 5.52. The molecule has 0 bridgehead atoms. The Morgan fingerprint density at radius 1 is 1.37 bits per heavy atom. The molecule has 0 radical (unpaired) electrons. The first-order valence-corrected chi connectivity index (χ1v) is 10.2. The Bertz CT molecular complexity index is 780. The molecule has 1 amide bonds. The van der Waals surface area contributed by atoms with Gasteiger partial charge in [0.2, 0.25) is 11.1 Å². The number of aromatic nitrogens is 3. The number of H-pyrrole nitrogens is 1. The minimum Gasteiger partial charge on any atom is -0.497 e. The maximum absolute atomic E-state index is 12.9. The van der Waals surface area contributed by atoms with Gasteiger partial charge in [0.05, 0.1) is 26.0 Å². The maximum atomic E-state index is 12.9. The van der Waals surface area contributed by atoms with Crippen LogP contribution in [0.1, 0.15) is 43.6 Å². The van der Waals surface area contributed by atoms with Crippen molar-refractivity contribution in [1.29, 1.82) is 0 Å². The highest BCUT2D eigenvalue weighted by molar-refractivity contribution is 7.99. The van der Waals surface area contributed by atoms with Crippen LogP contribution >= 0.6 is 11.8 Å². The number of hydrogen-bond acceptors (Lipinski definition) is 6. The molecule has 8 heteroatoms. The fraction of sp³-hybridized carbons (Fsp3) is 0.526. The molecule has 0 aliphatic carbocycles. The van der Waals surface area contributed by atoms with Gasteiger partial charge in [0, 0.05) is 18.5 Å². The zero-order valence-corrected chi connectivity index (χ0v) is 16.8. The highest BCUT2D eigenvalue weighted by atomic mass is 32.2. The van der Waals surface area contributed by atoms with Gasteiger partial charge in [-0.1, -0.05) is 18.7 Å². The van der Waals surface area contributed by atoms with Crippen LogP contribution in [0.5, 0.6) is 11.5 Å². The Kier molecular flexibility index (Phi) is 6.60. The molecule has 27 heavy (non-hydrogen) atoms. The zero-order valence-electron chi connectivity index (χ0n) is 16.0. The minimum atomic E-state index is 0.00551. The molecule has 0 spiro atoms. The van der Waals surface area contributed by atoms with Crippen LogP contribution in [0.2, 0.25) is 0 Å². The number of amides is 1. The lowest BCUT2D eigenvalue weighted by atomic mass is 10.0. The van der Waals surface area contributed by atoms with E-state index in [2.05, 4.69) is 22.1 Å². The van der Waals surface area contributed by atoms with E-state index in [9.17, 15) is 4.79 Å². The Morgan fingerprint density at radius 2 is 2.22 bits per heavy atom. The number of aryl methyl sites for hydroxylation is 1. The number of rotatable bonds is 8. The van der Waals surface area contributed by atoms with Gasteiger partial charge in [-0.2, -0.15) is 0 Å². The molecule has 1 saturated heterocycles. The SMILES string of the molecule is CCCc1nc(SCC(=O)N2CCC[C@@H]2c2cc(OC)ccc2OC)n[nH]1. The first kappa shape index (κ1) is 19.5. The second-order valence-electron chi connectivity index (χ2n) is 6.46. The number of benzene rings is 1. The molecular weight excluding hydrogens is 364 g/mol. The zero-order chi connectivity index (χ0) is 19.2. The maximum Gasteiger partial charge on any atom is 0.233 e. The van der Waals surface area contributed by atoms with Crippen LogP contribution in [0.3, 0.4) is 0 Å². The molecule has 0 saturated carbocycles. The molecule has 1 atom stereocenters. The first-order chi connectivity index (χ1) is 13.2. The molecule has 1 aliphatic rings. The van der Waals surface area contributed by atoms with Gasteiger partial charge in [-0.3, -0.25) is 9.89 Å². The summed E-state index contributed by atoms with van der Waals surface area (Å²) >= 11 is 1.38. The van der Waals surface area contributed by atoms with Gasteiger partial charge in [-0.25, -0.2) is 4.98 Å². The fourth-order valence-electron chi connectivity index (χ4n) is 3.39. The van der Waals surface area contributed by atoms with Crippen LogP contribution in [0.4, 0.5) is 0 Å². The Hall–Kier alpha value is -2.22. The number of thioether (sulfide) groups is 1. The molecule has 1 aliphatic heterocycles. The number of carbonyl (C=O) groups excluding carboxylic acids is 1. The van der Waals surface area contributed by atoms with Gasteiger partial charge in [0.25, 0.3) is 0 Å². The van der Waals surface area contributed by atoms with Crippen molar-refractivity contribution in [1.82, 2.24) is 20.1 Å². The standard InChI is InChI=1S/C19H26N4O3S/c1-4-6-17-20-19(22-21-17)27-12-18(24)23-10-5-7-15(23)14-11-13(25-2)8-9-16(14)26-3/h8-9,11,15H,4-7,10,12H2,1-3H3,(H,20,21,22)/t15-/m1/s1. The smallest absolute Gasteiger partial charge is 0.233 e. The number of likely N-dealkylation sites (tertiary alicyclic amines) is 1. The van der Waals surface area contributed by atoms with Crippen molar-refractivity contribution < 1.29 is 14.3 Å². The fourth-order valence-corrected chi connectivity index (χ4v) is 4.09. The van der Waals surface area contributed by atoms with Crippen LogP contribution in [0, 0.1) is 0 Å². The van der Waals surface area contributed by atoms with Crippen molar-refractivity contribution >= 4 is 17.7 Å². The molecule has 1 aromatic carbocycles. The van der Waals surface area contributed by atoms with E-state index >= 15 is 0 Å². The van der Waals surface area contributed by atoms with Gasteiger partial charge in [-0.05, 0) is 37.5 Å². The third-order valence-electron chi connectivity index (χ3n) is 4.69. The number of nitrogens with one attached hydrogen (secondary N) is 1. The van der Waals surface area contributed by atoms with Crippen molar-refractivity contribution in [3.8, 4) is 11.5 Å². The molecule has 1 aromatic heterocycles. The summed E-state index contributed by atoms with van der Waals surface area (Å²) in [5, 5.41) is 7.73. The quantitative estimate of drug-likeness (QED) is 0.697. The summed E-state index contributed by atoms with van der Waals surface area (Å²) < 4.78 is 10.9. The highest BCUT2D eigenvalue weighted by Gasteiger charge is 2.32. The summed E-state index contributed by atoms with van der Waals surface area (Å²) in [7, 11) is 3.29. The second kappa shape index (κ2) is 9.12. The monoisotopic (exact) mass is 390 g/mol. The number of carbonyl (C=O) groups is 1. The number of aromatic amines is 1. The molecule has 1 N–H and O–H groups in total. The van der Waals surface area contributed by atoms with Crippen LogP contribution in [0.15, 0.2) is 23.4 Å². The molecule has 0 unspecified atom stereocenters. The Balaban J connectivity index is 1.69. The first-order valence-electron chi connectivity index (χ1n) is 9.21. The molecule has 2 heterocycles. The van der Waals surface area contributed by atoms with E-state index in [4.69, 9.17) is 9.47 Å². The lowest BCUT2D eigenvalue weighted by Gasteiger charge is -2.26. The molecular formula is C19H26N4O3S. The van der Waals surface area contributed by atoms with Crippen LogP contribution < -0.4 is 9.47 Å². The summed E-state index contributed by atoms with van der Waals surface area (Å²) in [4.78, 5) is 19.2. The predicted molar refractivity (Wildman–Crippen MR) is 104 cm³/mol. The summed E-state index contributed by atoms with van der Waals surface area (Å²) in [5.41, 5.74) is 0.996. The van der Waals surface area contributed by atoms with Gasteiger partial charge in [0.15, 0.2) is 0 Å². The Morgan fingerprint density at radius 3 is 2.96 bits per heavy atom. The largest absolute Gasteiger partial charge is 0.497 e. The number of hydrogen-bond donors (Lipinski definition) is 1. The summed E-state index contributed by atoms with van der Waals surface area (Å²) in [6, 6.07) is 5.74. The van der Waals surface area contributed by atoms with Crippen LogP contribution in [0.25, 0.3) is 0 Å². The molecule has 2 aromatic rings. The Labute approximate surface area is 163 Å². The van der Waals surface area contributed by atoms with Crippen molar-refractivity contribution in [3.63, 3.8) is 0 Å². The average Bonchev–Trinajstić information content (AvgIpc) is 3.35. The van der Waals surface area contributed by atoms with Gasteiger partial charge in [-0.15, -0.1) is 5.10 Å². The van der Waals surface area contributed by atoms with E-state index in [1.54, 1.807) is 14.2 Å². The lowest BCUT2D eigenvalue weighted by Crippen LogP contribution is -2.32. The summed E-state index contributed by atoms with van der Waals surface area (Å²) in [5.74, 6) is 2.84. The molecule has 3 rings (SSSR count). The van der Waals surface area contributed by atoms with E-state index in [0.717, 1.165) is 55.1 Å². The predicted octanol–water partition coefficient (Wildman–Crippen LogP) is 3.23. The second-order valence-corrected chi connectivity index (χ2v) is 7.40. The van der Waals surface area contributed by atoms with E-state index in [-0.39, 0.29) is 11.9 Å². The van der Waals surface area contributed by atoms with E-state index in [1.165, 1.54) is 11.8 Å². The van der Waals surface area contributed by atoms with Crippen molar-refractivity contribution in [3.05, 3.63) is 29.6 Å². The molecule has 7 nitrogen and oxygen atoms in total. The highest BCUT2D eigenvalue weighted by Crippen LogP contribution is 2.39. The van der Waals surface area contributed by atoms with Crippen molar-refractivity contribution in [2.75, 3.05) is 26.5 Å². The minimum absolute atomic E-state index is 0.00551. The van der Waals surface area contributed by atoms with Crippen LogP contribution in [-0.4, -0.2) is 52.5 Å². The van der Waals surface area contributed by atoms with Gasteiger partial charge >= 0.3 is 0 Å². The number of nitrogens with zero attached hydrogens (tertiary/aromatic N) is 3. The number of methoxy groups -OCH3 is 2. The lowest BCUT2D eigenvalue weighted by molar-refractivity contribution is -0.129. The summed E-state index contributed by atoms with van der Waals surface area (Å²) in [6.07, 6.45) is 3.77. The van der Waals surface area contributed by atoms with Gasteiger partial charge in [0.1, 0.15) is 17.3 Å². The summed E-state index contributed by atoms with van der Waals surface area (Å²) in [6.45, 7) is 2.85. The molecule has 1 fully saturated rings. The van der Waals surface area contributed by atoms with E-state index in [1.807, 2.05) is 23.1 Å². The third kappa shape index (κ3) is 4.55. The topological polar surface area (TPSA) is 80.3 Å².